The molecule has 3 rings (SSSR count). The van der Waals surface area contributed by atoms with Gasteiger partial charge in [-0.05, 0) is 30.7 Å². The molecule has 5 nitrogen and oxygen atoms in total. The van der Waals surface area contributed by atoms with Gasteiger partial charge in [0.1, 0.15) is 11.3 Å². The van der Waals surface area contributed by atoms with Crippen molar-refractivity contribution in [2.75, 3.05) is 0 Å². The van der Waals surface area contributed by atoms with Gasteiger partial charge in [-0.15, -0.1) is 0 Å². The van der Waals surface area contributed by atoms with Crippen molar-refractivity contribution in [1.82, 2.24) is 19.5 Å². The first kappa shape index (κ1) is 13.6. The van der Waals surface area contributed by atoms with Crippen LogP contribution in [0.4, 0.5) is 0 Å². The standard InChI is InChI=1S/C15H15N5S/c1-10-7-12-15(18-8-10)20(6-4-13(16)21)14(19-12)11-3-2-5-17-9-11/h2-3,5,7-9H,4,6H2,1H3,(H2,16,21). The molecule has 6 heteroatoms. The fourth-order valence-corrected chi connectivity index (χ4v) is 2.35. The number of rotatable bonds is 4. The average molecular weight is 297 g/mol. The summed E-state index contributed by atoms with van der Waals surface area (Å²) >= 11 is 4.98. The summed E-state index contributed by atoms with van der Waals surface area (Å²) in [6, 6.07) is 5.91. The minimum Gasteiger partial charge on any atom is -0.393 e. The molecule has 0 unspecified atom stereocenters. The van der Waals surface area contributed by atoms with Gasteiger partial charge in [0.15, 0.2) is 5.65 Å². The van der Waals surface area contributed by atoms with Crippen LogP contribution in [-0.2, 0) is 6.54 Å². The number of nitrogens with two attached hydrogens (primary N) is 1. The molecule has 3 heterocycles. The number of thiocarbonyl (C=S) groups is 1. The summed E-state index contributed by atoms with van der Waals surface area (Å²) in [6.07, 6.45) is 6.00. The molecule has 0 saturated heterocycles. The normalized spacial score (nSPS) is 10.9. The number of nitrogens with zero attached hydrogens (tertiary/aromatic N) is 4. The summed E-state index contributed by atoms with van der Waals surface area (Å²) in [5, 5.41) is 0. The maximum atomic E-state index is 5.63. The smallest absolute Gasteiger partial charge is 0.160 e. The number of pyridine rings is 2. The third kappa shape index (κ3) is 2.75. The van der Waals surface area contributed by atoms with Gasteiger partial charge in [-0.3, -0.25) is 4.98 Å². The molecule has 3 aromatic rings. The molecule has 106 valence electrons. The van der Waals surface area contributed by atoms with E-state index in [0.717, 1.165) is 28.1 Å². The Morgan fingerprint density at radius 3 is 2.95 bits per heavy atom. The first-order valence-corrected chi connectivity index (χ1v) is 7.07. The van der Waals surface area contributed by atoms with Crippen LogP contribution in [0.15, 0.2) is 36.8 Å². The van der Waals surface area contributed by atoms with E-state index in [1.807, 2.05) is 35.9 Å². The second-order valence-corrected chi connectivity index (χ2v) is 5.42. The van der Waals surface area contributed by atoms with Gasteiger partial charge in [-0.1, -0.05) is 12.2 Å². The van der Waals surface area contributed by atoms with Crippen molar-refractivity contribution in [2.45, 2.75) is 19.9 Å². The van der Waals surface area contributed by atoms with Crippen molar-refractivity contribution in [3.8, 4) is 11.4 Å². The second kappa shape index (κ2) is 5.57. The number of hydrogen-bond acceptors (Lipinski definition) is 4. The first-order chi connectivity index (χ1) is 10.1. The fourth-order valence-electron chi connectivity index (χ4n) is 2.26. The van der Waals surface area contributed by atoms with Gasteiger partial charge < -0.3 is 10.3 Å². The van der Waals surface area contributed by atoms with Crippen LogP contribution >= 0.6 is 12.2 Å². The van der Waals surface area contributed by atoms with Crippen molar-refractivity contribution >= 4 is 28.4 Å². The Morgan fingerprint density at radius 2 is 2.24 bits per heavy atom. The number of fused-ring (bicyclic) bond motifs is 1. The minimum atomic E-state index is 0.487. The van der Waals surface area contributed by atoms with Gasteiger partial charge >= 0.3 is 0 Å². The highest BCUT2D eigenvalue weighted by Crippen LogP contribution is 2.23. The Labute approximate surface area is 127 Å². The highest BCUT2D eigenvalue weighted by Gasteiger charge is 2.14. The highest BCUT2D eigenvalue weighted by atomic mass is 32.1. The van der Waals surface area contributed by atoms with Crippen molar-refractivity contribution in [3.63, 3.8) is 0 Å². The molecule has 0 aliphatic heterocycles. The maximum absolute atomic E-state index is 5.63. The van der Waals surface area contributed by atoms with E-state index in [2.05, 4.69) is 9.97 Å². The molecule has 0 saturated carbocycles. The Hall–Kier alpha value is -2.34. The third-order valence-electron chi connectivity index (χ3n) is 3.22. The van der Waals surface area contributed by atoms with Gasteiger partial charge in [0.2, 0.25) is 0 Å². The highest BCUT2D eigenvalue weighted by molar-refractivity contribution is 7.80. The van der Waals surface area contributed by atoms with Crippen LogP contribution in [0.1, 0.15) is 12.0 Å². The van der Waals surface area contributed by atoms with Gasteiger partial charge in [0, 0.05) is 37.1 Å². The third-order valence-corrected chi connectivity index (χ3v) is 3.43. The summed E-state index contributed by atoms with van der Waals surface area (Å²) in [4.78, 5) is 13.8. The van der Waals surface area contributed by atoms with Gasteiger partial charge in [-0.25, -0.2) is 9.97 Å². The quantitative estimate of drug-likeness (QED) is 0.749. The minimum absolute atomic E-state index is 0.487. The van der Waals surface area contributed by atoms with Crippen molar-refractivity contribution < 1.29 is 0 Å². The molecule has 0 fully saturated rings. The van der Waals surface area contributed by atoms with E-state index in [1.165, 1.54) is 0 Å². The topological polar surface area (TPSA) is 69.6 Å². The number of imidazole rings is 1. The Bertz CT molecular complexity index is 794. The predicted molar refractivity (Wildman–Crippen MR) is 86.9 cm³/mol. The summed E-state index contributed by atoms with van der Waals surface area (Å²) < 4.78 is 2.05. The van der Waals surface area contributed by atoms with E-state index in [1.54, 1.807) is 12.4 Å². The van der Waals surface area contributed by atoms with Crippen LogP contribution in [0, 0.1) is 6.92 Å². The molecule has 3 aromatic heterocycles. The maximum Gasteiger partial charge on any atom is 0.160 e. The van der Waals surface area contributed by atoms with Crippen molar-refractivity contribution in [1.29, 1.82) is 0 Å². The van der Waals surface area contributed by atoms with Gasteiger partial charge in [0.05, 0.1) is 4.99 Å². The SMILES string of the molecule is Cc1cnc2c(c1)nc(-c1cccnc1)n2CCC(N)=S. The summed E-state index contributed by atoms with van der Waals surface area (Å²) in [7, 11) is 0. The van der Waals surface area contributed by atoms with E-state index in [4.69, 9.17) is 22.9 Å². The van der Waals surface area contributed by atoms with Crippen LogP contribution in [-0.4, -0.2) is 24.5 Å². The largest absolute Gasteiger partial charge is 0.393 e. The Kier molecular flexibility index (Phi) is 3.62. The molecule has 2 N–H and O–H groups in total. The van der Waals surface area contributed by atoms with E-state index < -0.39 is 0 Å². The molecule has 0 aliphatic carbocycles. The molecule has 0 bridgehead atoms. The number of aryl methyl sites for hydroxylation is 2. The lowest BCUT2D eigenvalue weighted by Crippen LogP contribution is -2.12. The summed E-state index contributed by atoms with van der Waals surface area (Å²) in [5.74, 6) is 0.840. The molecule has 0 aromatic carbocycles. The fraction of sp³-hybridized carbons (Fsp3) is 0.200. The van der Waals surface area contributed by atoms with Gasteiger partial charge in [0.25, 0.3) is 0 Å². The molecule has 0 atom stereocenters. The molecule has 0 amide bonds. The second-order valence-electron chi connectivity index (χ2n) is 4.90. The predicted octanol–water partition coefficient (Wildman–Crippen LogP) is 2.48. The van der Waals surface area contributed by atoms with E-state index in [-0.39, 0.29) is 0 Å². The van der Waals surface area contributed by atoms with E-state index in [0.29, 0.717) is 18.0 Å². The zero-order valence-corrected chi connectivity index (χ0v) is 12.5. The summed E-state index contributed by atoms with van der Waals surface area (Å²) in [6.45, 7) is 2.66. The Balaban J connectivity index is 2.17. The molecule has 21 heavy (non-hydrogen) atoms. The van der Waals surface area contributed by atoms with Gasteiger partial charge in [-0.2, -0.15) is 0 Å². The van der Waals surface area contributed by atoms with Crippen LogP contribution in [0.3, 0.4) is 0 Å². The lowest BCUT2D eigenvalue weighted by atomic mass is 10.2. The lowest BCUT2D eigenvalue weighted by Gasteiger charge is -2.07. The molecule has 0 radical (unpaired) electrons. The van der Waals surface area contributed by atoms with Crippen LogP contribution < -0.4 is 5.73 Å². The van der Waals surface area contributed by atoms with Crippen LogP contribution in [0.25, 0.3) is 22.6 Å². The zero-order chi connectivity index (χ0) is 14.8. The zero-order valence-electron chi connectivity index (χ0n) is 11.7. The molecular formula is C15H15N5S. The molecule has 0 aliphatic rings. The molecule has 0 spiro atoms. The first-order valence-electron chi connectivity index (χ1n) is 6.67. The summed E-state index contributed by atoms with van der Waals surface area (Å²) in [5.41, 5.74) is 9.38. The monoisotopic (exact) mass is 297 g/mol. The number of aromatic nitrogens is 4. The van der Waals surface area contributed by atoms with E-state index in [9.17, 15) is 0 Å². The lowest BCUT2D eigenvalue weighted by molar-refractivity contribution is 0.749. The van der Waals surface area contributed by atoms with Crippen LogP contribution in [0.2, 0.25) is 0 Å². The van der Waals surface area contributed by atoms with Crippen LogP contribution in [0.5, 0.6) is 0 Å². The average Bonchev–Trinajstić information content (AvgIpc) is 2.83. The molecular weight excluding hydrogens is 282 g/mol. The van der Waals surface area contributed by atoms with Crippen molar-refractivity contribution in [3.05, 3.63) is 42.4 Å². The number of hydrogen-bond donors (Lipinski definition) is 1. The van der Waals surface area contributed by atoms with Crippen molar-refractivity contribution in [2.24, 2.45) is 5.73 Å². The Morgan fingerprint density at radius 1 is 1.38 bits per heavy atom. The van der Waals surface area contributed by atoms with E-state index >= 15 is 0 Å².